The molecule has 13 heteroatoms. The van der Waals surface area contributed by atoms with Gasteiger partial charge < -0.3 is 19.7 Å². The van der Waals surface area contributed by atoms with Crippen LogP contribution in [0.25, 0.3) is 0 Å². The number of hydrogen-bond acceptors (Lipinski definition) is 8. The first kappa shape index (κ1) is 44.0. The van der Waals surface area contributed by atoms with Crippen molar-refractivity contribution in [3.63, 3.8) is 0 Å². The SMILES string of the molecule is CC/C=C\C/C=C\C/C=C\C/C=C\C/C=C\C/C=C\CCC(=O)NCCCP(=O)(OC[C@H]1O[C@@H](n2ccc(=O)[nH]c2=O)[C@](C)(F)[C@@H]1O)Oc1ccccc1. The molecule has 1 aromatic heterocycles. The lowest BCUT2D eigenvalue weighted by Crippen LogP contribution is -2.43. The maximum Gasteiger partial charge on any atom is 0.379 e. The summed E-state index contributed by atoms with van der Waals surface area (Å²) in [6, 6.07) is 9.39. The van der Waals surface area contributed by atoms with Crippen molar-refractivity contribution in [3.05, 3.63) is 136 Å². The van der Waals surface area contributed by atoms with Gasteiger partial charge in [-0.1, -0.05) is 98.0 Å². The van der Waals surface area contributed by atoms with Crippen LogP contribution in [0.1, 0.15) is 77.9 Å². The molecule has 1 aliphatic rings. The third kappa shape index (κ3) is 15.9. The van der Waals surface area contributed by atoms with Gasteiger partial charge in [0.2, 0.25) is 5.91 Å². The monoisotopic (exact) mass is 767 g/mol. The van der Waals surface area contributed by atoms with Crippen LogP contribution in [0, 0.1) is 0 Å². The third-order valence-corrected chi connectivity index (χ3v) is 10.2. The zero-order valence-corrected chi connectivity index (χ0v) is 32.2. The Balaban J connectivity index is 1.36. The summed E-state index contributed by atoms with van der Waals surface area (Å²) in [7, 11) is -3.90. The summed E-state index contributed by atoms with van der Waals surface area (Å²) in [6.07, 6.45) is 28.6. The molecule has 2 heterocycles. The number of aliphatic hydroxyl groups is 1. The number of para-hydroxylation sites is 1. The van der Waals surface area contributed by atoms with E-state index in [0.29, 0.717) is 12.8 Å². The molecule has 0 aliphatic carbocycles. The number of aliphatic hydroxyl groups excluding tert-OH is 1. The molecule has 3 N–H and O–H groups in total. The minimum atomic E-state index is -3.90. The van der Waals surface area contributed by atoms with Gasteiger partial charge in [-0.05, 0) is 70.4 Å². The molecule has 0 saturated carbocycles. The number of nitrogens with zero attached hydrogens (tertiary/aromatic N) is 1. The second kappa shape index (κ2) is 24.1. The van der Waals surface area contributed by atoms with E-state index in [1.54, 1.807) is 30.3 Å². The van der Waals surface area contributed by atoms with Gasteiger partial charge in [0.25, 0.3) is 5.56 Å². The van der Waals surface area contributed by atoms with Gasteiger partial charge in [0.05, 0.1) is 12.8 Å². The van der Waals surface area contributed by atoms with E-state index in [0.717, 1.165) is 62.3 Å². The molecule has 1 amide bonds. The Hall–Kier alpha value is -4.35. The van der Waals surface area contributed by atoms with Crippen LogP contribution < -0.4 is 21.1 Å². The highest BCUT2D eigenvalue weighted by Gasteiger charge is 2.55. The Labute approximate surface area is 317 Å². The number of alkyl halides is 1. The number of hydrogen-bond donors (Lipinski definition) is 3. The number of allylic oxidation sites excluding steroid dienone is 12. The van der Waals surface area contributed by atoms with Crippen molar-refractivity contribution >= 4 is 13.5 Å². The predicted octanol–water partition coefficient (Wildman–Crippen LogP) is 7.80. The van der Waals surface area contributed by atoms with Crippen molar-refractivity contribution in [3.8, 4) is 5.75 Å². The molecule has 3 rings (SSSR count). The summed E-state index contributed by atoms with van der Waals surface area (Å²) in [6.45, 7) is 2.90. The number of benzene rings is 1. The largest absolute Gasteiger partial charge is 0.424 e. The van der Waals surface area contributed by atoms with Gasteiger partial charge in [-0.15, -0.1) is 0 Å². The van der Waals surface area contributed by atoms with Crippen LogP contribution in [0.4, 0.5) is 4.39 Å². The summed E-state index contributed by atoms with van der Waals surface area (Å²) in [5.41, 5.74) is -4.03. The summed E-state index contributed by atoms with van der Waals surface area (Å²) >= 11 is 0. The van der Waals surface area contributed by atoms with E-state index in [-0.39, 0.29) is 30.8 Å². The van der Waals surface area contributed by atoms with Crippen LogP contribution in [0.15, 0.2) is 125 Å². The fourth-order valence-corrected chi connectivity index (χ4v) is 7.01. The molecule has 294 valence electrons. The first-order valence-corrected chi connectivity index (χ1v) is 20.3. The Morgan fingerprint density at radius 3 is 2.09 bits per heavy atom. The minimum Gasteiger partial charge on any atom is -0.424 e. The Bertz CT molecular complexity index is 1760. The Morgan fingerprint density at radius 2 is 1.52 bits per heavy atom. The van der Waals surface area contributed by atoms with Gasteiger partial charge >= 0.3 is 13.3 Å². The van der Waals surface area contributed by atoms with Crippen molar-refractivity contribution < 1.29 is 32.6 Å². The second-order valence-electron chi connectivity index (χ2n) is 12.8. The van der Waals surface area contributed by atoms with Gasteiger partial charge in [-0.25, -0.2) is 13.8 Å². The molecule has 54 heavy (non-hydrogen) atoms. The van der Waals surface area contributed by atoms with Crippen molar-refractivity contribution in [2.24, 2.45) is 0 Å². The number of carbonyl (C=O) groups excluding carboxylic acids is 1. The van der Waals surface area contributed by atoms with E-state index in [2.05, 4.69) is 73.0 Å². The van der Waals surface area contributed by atoms with Gasteiger partial charge in [0.1, 0.15) is 18.0 Å². The molecule has 1 fully saturated rings. The lowest BCUT2D eigenvalue weighted by atomic mass is 9.98. The highest BCUT2D eigenvalue weighted by atomic mass is 31.2. The maximum atomic E-state index is 15.6. The molecule has 1 aromatic carbocycles. The van der Waals surface area contributed by atoms with Crippen LogP contribution in [0.3, 0.4) is 0 Å². The predicted molar refractivity (Wildman–Crippen MR) is 211 cm³/mol. The third-order valence-electron chi connectivity index (χ3n) is 8.31. The Morgan fingerprint density at radius 1 is 0.944 bits per heavy atom. The molecule has 5 atom stereocenters. The molecular formula is C41H55FN3O8P. The highest BCUT2D eigenvalue weighted by Crippen LogP contribution is 2.50. The van der Waals surface area contributed by atoms with Crippen molar-refractivity contribution in [1.82, 2.24) is 14.9 Å². The molecular weight excluding hydrogens is 712 g/mol. The van der Waals surface area contributed by atoms with Crippen molar-refractivity contribution in [2.45, 2.75) is 95.7 Å². The molecule has 1 aliphatic heterocycles. The lowest BCUT2D eigenvalue weighted by molar-refractivity contribution is -0.121. The zero-order chi connectivity index (χ0) is 39.1. The van der Waals surface area contributed by atoms with Gasteiger partial charge in [0, 0.05) is 25.2 Å². The van der Waals surface area contributed by atoms with Gasteiger partial charge in [-0.2, -0.15) is 0 Å². The van der Waals surface area contributed by atoms with E-state index in [1.807, 2.05) is 17.1 Å². The van der Waals surface area contributed by atoms with E-state index < -0.39 is 49.6 Å². The van der Waals surface area contributed by atoms with Crippen molar-refractivity contribution in [1.29, 1.82) is 0 Å². The number of amides is 1. The molecule has 0 spiro atoms. The van der Waals surface area contributed by atoms with E-state index in [1.165, 1.54) is 0 Å². The van der Waals surface area contributed by atoms with Crippen LogP contribution in [-0.4, -0.2) is 57.8 Å². The molecule has 0 bridgehead atoms. The lowest BCUT2D eigenvalue weighted by Gasteiger charge is -2.24. The van der Waals surface area contributed by atoms with E-state index in [4.69, 9.17) is 13.8 Å². The fraction of sp³-hybridized carbons (Fsp3) is 0.439. The highest BCUT2D eigenvalue weighted by molar-refractivity contribution is 7.54. The maximum absolute atomic E-state index is 15.6. The molecule has 2 aromatic rings. The number of nitrogens with one attached hydrogen (secondary N) is 2. The molecule has 1 unspecified atom stereocenters. The van der Waals surface area contributed by atoms with Crippen LogP contribution in [0.2, 0.25) is 0 Å². The number of rotatable bonds is 24. The van der Waals surface area contributed by atoms with E-state index in [9.17, 15) is 24.1 Å². The average Bonchev–Trinajstić information content (AvgIpc) is 3.37. The topological polar surface area (TPSA) is 149 Å². The normalized spacial score (nSPS) is 21.7. The summed E-state index contributed by atoms with van der Waals surface area (Å²) < 4.78 is 47.4. The van der Waals surface area contributed by atoms with E-state index >= 15 is 4.39 Å². The first-order valence-electron chi connectivity index (χ1n) is 18.5. The summed E-state index contributed by atoms with van der Waals surface area (Å²) in [5.74, 6) is 0.129. The number of carbonyl (C=O) groups is 1. The minimum absolute atomic E-state index is 0.0894. The Kier molecular flexibility index (Phi) is 19.7. The summed E-state index contributed by atoms with van der Waals surface area (Å²) in [5, 5.41) is 13.5. The first-order chi connectivity index (χ1) is 26.1. The number of H-pyrrole nitrogens is 1. The van der Waals surface area contributed by atoms with Crippen LogP contribution in [0.5, 0.6) is 5.75 Å². The fourth-order valence-electron chi connectivity index (χ4n) is 5.37. The number of halogens is 1. The summed E-state index contributed by atoms with van der Waals surface area (Å²) in [4.78, 5) is 38.2. The molecule has 0 radical (unpaired) electrons. The number of aromatic nitrogens is 2. The van der Waals surface area contributed by atoms with Crippen LogP contribution in [-0.2, 0) is 18.6 Å². The number of aromatic amines is 1. The smallest absolute Gasteiger partial charge is 0.379 e. The van der Waals surface area contributed by atoms with Crippen molar-refractivity contribution in [2.75, 3.05) is 19.3 Å². The average molecular weight is 768 g/mol. The molecule has 11 nitrogen and oxygen atoms in total. The standard InChI is InChI=1S/C41H55FN3O8P/c1-3-4-5-6-7-8-9-10-11-12-13-14-15-16-17-18-19-20-24-28-36(46)43-30-25-32-54(50,53-34-26-22-21-23-27-34)51-33-35-38(48)41(2,42)39(52-35)45-31-29-37(47)44-40(45)49/h4-5,7-8,10-11,13-14,16-17,19-23,26-27,29,31,35,38-39,48H,3,6,9,12,15,18,24-25,28,30,32-33H2,1-2H3,(H,43,46)(H,44,47,49)/b5-4-,8-7-,11-10-,14-13-,17-16-,20-19-/t35-,38-,39-,41-,54?/m1/s1. The zero-order valence-electron chi connectivity index (χ0n) is 31.3. The molecule has 1 saturated heterocycles. The van der Waals surface area contributed by atoms with Gasteiger partial charge in [-0.3, -0.25) is 23.7 Å². The quantitative estimate of drug-likeness (QED) is 0.0557. The van der Waals surface area contributed by atoms with Gasteiger partial charge in [0.15, 0.2) is 11.9 Å². The van der Waals surface area contributed by atoms with Crippen LogP contribution >= 0.6 is 7.60 Å². The number of ether oxygens (including phenoxy) is 1. The second-order valence-corrected chi connectivity index (χ2v) is 14.9.